The summed E-state index contributed by atoms with van der Waals surface area (Å²) in [6, 6.07) is 8.17. The highest BCUT2D eigenvalue weighted by Crippen LogP contribution is 2.28. The monoisotopic (exact) mass is 233 g/mol. The van der Waals surface area contributed by atoms with Gasteiger partial charge in [0.1, 0.15) is 0 Å². The lowest BCUT2D eigenvalue weighted by Crippen LogP contribution is -2.06. The molecule has 2 aromatic rings. The Morgan fingerprint density at radius 2 is 2.12 bits per heavy atom. The summed E-state index contributed by atoms with van der Waals surface area (Å²) in [5.74, 6) is 0. The Bertz CT molecular complexity index is 536. The summed E-state index contributed by atoms with van der Waals surface area (Å²) in [6.45, 7) is 0.254. The topological polar surface area (TPSA) is 81.2 Å². The van der Waals surface area contributed by atoms with Crippen molar-refractivity contribution in [2.24, 2.45) is 0 Å². The van der Waals surface area contributed by atoms with Gasteiger partial charge in [0.15, 0.2) is 0 Å². The van der Waals surface area contributed by atoms with Crippen LogP contribution in [0.4, 0.5) is 5.69 Å². The van der Waals surface area contributed by atoms with Crippen molar-refractivity contribution in [1.29, 1.82) is 0 Å². The summed E-state index contributed by atoms with van der Waals surface area (Å²) in [7, 11) is 0. The highest BCUT2D eigenvalue weighted by molar-refractivity contribution is 5.70. The summed E-state index contributed by atoms with van der Waals surface area (Å²) >= 11 is 0. The van der Waals surface area contributed by atoms with E-state index in [0.717, 1.165) is 0 Å². The molecule has 0 atom stereocenters. The maximum absolute atomic E-state index is 10.9. The number of aliphatic hydroxyl groups is 1. The zero-order valence-corrected chi connectivity index (χ0v) is 8.98. The quantitative estimate of drug-likeness (QED) is 0.640. The van der Waals surface area contributed by atoms with Crippen LogP contribution in [-0.2, 0) is 6.54 Å². The molecular formula is C11H11N3O3. The minimum atomic E-state index is -0.425. The molecule has 2 rings (SSSR count). The summed E-state index contributed by atoms with van der Waals surface area (Å²) in [6.07, 6.45) is 1.56. The van der Waals surface area contributed by atoms with Crippen molar-refractivity contribution in [1.82, 2.24) is 9.78 Å². The van der Waals surface area contributed by atoms with E-state index in [1.165, 1.54) is 6.07 Å². The fraction of sp³-hybridized carbons (Fsp3) is 0.182. The average Bonchev–Trinajstić information content (AvgIpc) is 2.77. The molecule has 1 heterocycles. The van der Waals surface area contributed by atoms with Crippen LogP contribution in [0.15, 0.2) is 36.5 Å². The molecule has 0 aliphatic heterocycles. The van der Waals surface area contributed by atoms with Crippen LogP contribution in [0.25, 0.3) is 11.3 Å². The van der Waals surface area contributed by atoms with E-state index in [1.54, 1.807) is 35.1 Å². The molecule has 6 heteroatoms. The zero-order valence-electron chi connectivity index (χ0n) is 8.98. The molecule has 1 aromatic carbocycles. The Kier molecular flexibility index (Phi) is 3.15. The summed E-state index contributed by atoms with van der Waals surface area (Å²) in [4.78, 5) is 10.5. The van der Waals surface area contributed by atoms with Gasteiger partial charge < -0.3 is 5.11 Å². The fourth-order valence-corrected chi connectivity index (χ4v) is 1.68. The van der Waals surface area contributed by atoms with E-state index in [4.69, 9.17) is 5.11 Å². The zero-order chi connectivity index (χ0) is 12.3. The molecule has 0 fully saturated rings. The van der Waals surface area contributed by atoms with Crippen LogP contribution in [0, 0.1) is 10.1 Å². The van der Waals surface area contributed by atoms with Crippen LogP contribution in [-0.4, -0.2) is 26.4 Å². The van der Waals surface area contributed by atoms with E-state index < -0.39 is 4.92 Å². The molecule has 88 valence electrons. The number of nitro benzene ring substituents is 1. The molecule has 0 saturated carbocycles. The minimum Gasteiger partial charge on any atom is -0.394 e. The third kappa shape index (κ3) is 2.16. The number of hydrogen-bond donors (Lipinski definition) is 1. The van der Waals surface area contributed by atoms with E-state index in [1.807, 2.05) is 0 Å². The van der Waals surface area contributed by atoms with Crippen molar-refractivity contribution in [3.8, 4) is 11.3 Å². The van der Waals surface area contributed by atoms with Gasteiger partial charge in [0, 0.05) is 12.3 Å². The molecule has 6 nitrogen and oxygen atoms in total. The number of aliphatic hydroxyl groups excluding tert-OH is 1. The average molecular weight is 233 g/mol. The first-order valence-electron chi connectivity index (χ1n) is 5.10. The van der Waals surface area contributed by atoms with Crippen molar-refractivity contribution in [3.05, 3.63) is 46.6 Å². The van der Waals surface area contributed by atoms with Crippen LogP contribution >= 0.6 is 0 Å². The predicted molar refractivity (Wildman–Crippen MR) is 61.4 cm³/mol. The molecule has 0 unspecified atom stereocenters. The molecule has 0 spiro atoms. The van der Waals surface area contributed by atoms with E-state index in [2.05, 4.69) is 5.10 Å². The fourth-order valence-electron chi connectivity index (χ4n) is 1.68. The molecule has 1 aromatic heterocycles. The minimum absolute atomic E-state index is 0.0344. The number of para-hydroxylation sites is 1. The Morgan fingerprint density at radius 3 is 2.82 bits per heavy atom. The van der Waals surface area contributed by atoms with Crippen molar-refractivity contribution in [2.75, 3.05) is 6.61 Å². The Labute approximate surface area is 97.3 Å². The van der Waals surface area contributed by atoms with Gasteiger partial charge in [-0.25, -0.2) is 0 Å². The lowest BCUT2D eigenvalue weighted by atomic mass is 10.1. The van der Waals surface area contributed by atoms with Crippen molar-refractivity contribution in [3.63, 3.8) is 0 Å². The normalized spacial score (nSPS) is 10.4. The molecular weight excluding hydrogens is 222 g/mol. The third-order valence-electron chi connectivity index (χ3n) is 2.41. The van der Waals surface area contributed by atoms with Gasteiger partial charge in [-0.2, -0.15) is 5.10 Å². The second-order valence-electron chi connectivity index (χ2n) is 3.44. The molecule has 0 aliphatic carbocycles. The number of rotatable bonds is 4. The van der Waals surface area contributed by atoms with E-state index in [0.29, 0.717) is 17.8 Å². The number of nitrogens with zero attached hydrogens (tertiary/aromatic N) is 3. The summed E-state index contributed by atoms with van der Waals surface area (Å²) in [5.41, 5.74) is 1.17. The van der Waals surface area contributed by atoms with Crippen molar-refractivity contribution in [2.45, 2.75) is 6.54 Å². The van der Waals surface area contributed by atoms with Crippen molar-refractivity contribution >= 4 is 5.69 Å². The van der Waals surface area contributed by atoms with Gasteiger partial charge in [0.05, 0.1) is 29.3 Å². The summed E-state index contributed by atoms with van der Waals surface area (Å²) < 4.78 is 1.54. The molecule has 0 saturated heterocycles. The molecule has 17 heavy (non-hydrogen) atoms. The lowest BCUT2D eigenvalue weighted by Gasteiger charge is -2.06. The first-order chi connectivity index (χ1) is 8.24. The molecule has 1 N–H and O–H groups in total. The number of benzene rings is 1. The van der Waals surface area contributed by atoms with Gasteiger partial charge in [-0.15, -0.1) is 0 Å². The maximum atomic E-state index is 10.9. The highest BCUT2D eigenvalue weighted by atomic mass is 16.6. The van der Waals surface area contributed by atoms with Gasteiger partial charge in [-0.05, 0) is 12.1 Å². The van der Waals surface area contributed by atoms with Crippen LogP contribution in [0.1, 0.15) is 0 Å². The van der Waals surface area contributed by atoms with Crippen molar-refractivity contribution < 1.29 is 10.0 Å². The van der Waals surface area contributed by atoms with Gasteiger partial charge >= 0.3 is 0 Å². The van der Waals surface area contributed by atoms with Gasteiger partial charge in [0.2, 0.25) is 0 Å². The lowest BCUT2D eigenvalue weighted by molar-refractivity contribution is -0.384. The summed E-state index contributed by atoms with van der Waals surface area (Å²) in [5, 5.41) is 23.8. The number of aromatic nitrogens is 2. The Morgan fingerprint density at radius 1 is 1.35 bits per heavy atom. The van der Waals surface area contributed by atoms with E-state index in [-0.39, 0.29) is 12.3 Å². The SMILES string of the molecule is O=[N+]([O-])c1ccccc1-c1ccnn1CCO. The first-order valence-corrected chi connectivity index (χ1v) is 5.10. The van der Waals surface area contributed by atoms with Crippen LogP contribution in [0.3, 0.4) is 0 Å². The second kappa shape index (κ2) is 4.75. The van der Waals surface area contributed by atoms with Crippen LogP contribution in [0.5, 0.6) is 0 Å². The highest BCUT2D eigenvalue weighted by Gasteiger charge is 2.16. The van der Waals surface area contributed by atoms with Crippen LogP contribution < -0.4 is 0 Å². The van der Waals surface area contributed by atoms with E-state index >= 15 is 0 Å². The Hall–Kier alpha value is -2.21. The third-order valence-corrected chi connectivity index (χ3v) is 2.41. The van der Waals surface area contributed by atoms with E-state index in [9.17, 15) is 10.1 Å². The maximum Gasteiger partial charge on any atom is 0.278 e. The van der Waals surface area contributed by atoms with Gasteiger partial charge in [-0.1, -0.05) is 12.1 Å². The first kappa shape index (κ1) is 11.3. The molecule has 0 amide bonds. The largest absolute Gasteiger partial charge is 0.394 e. The van der Waals surface area contributed by atoms with Gasteiger partial charge in [-0.3, -0.25) is 14.8 Å². The van der Waals surface area contributed by atoms with Crippen LogP contribution in [0.2, 0.25) is 0 Å². The standard InChI is InChI=1S/C11H11N3O3/c15-8-7-13-10(5-6-12-13)9-3-1-2-4-11(9)14(16)17/h1-6,15H,7-8H2. The smallest absolute Gasteiger partial charge is 0.278 e. The second-order valence-corrected chi connectivity index (χ2v) is 3.44. The van der Waals surface area contributed by atoms with Gasteiger partial charge in [0.25, 0.3) is 5.69 Å². The number of hydrogen-bond acceptors (Lipinski definition) is 4. The molecule has 0 aliphatic rings. The number of nitro groups is 1. The molecule has 0 bridgehead atoms. The Balaban J connectivity index is 2.52. The molecule has 0 radical (unpaired) electrons. The predicted octanol–water partition coefficient (Wildman–Crippen LogP) is 1.45.